The van der Waals surface area contributed by atoms with Crippen molar-refractivity contribution in [3.05, 3.63) is 40.0 Å². The average Bonchev–Trinajstić information content (AvgIpc) is 2.84. The van der Waals surface area contributed by atoms with E-state index in [2.05, 4.69) is 51.5 Å². The molecule has 0 fully saturated rings. The summed E-state index contributed by atoms with van der Waals surface area (Å²) in [7, 11) is 2.05. The fraction of sp³-hybridized carbons (Fsp3) is 0.467. The lowest BCUT2D eigenvalue weighted by Crippen LogP contribution is -2.20. The molecule has 2 heterocycles. The third kappa shape index (κ3) is 3.77. The van der Waals surface area contributed by atoms with Crippen molar-refractivity contribution >= 4 is 17.2 Å². The molecule has 2 aromatic heterocycles. The molecule has 0 aliphatic rings. The van der Waals surface area contributed by atoms with Gasteiger partial charge in [-0.3, -0.25) is 0 Å². The van der Waals surface area contributed by atoms with Crippen molar-refractivity contribution in [2.24, 2.45) is 0 Å². The van der Waals surface area contributed by atoms with Gasteiger partial charge in [-0.25, -0.2) is 9.97 Å². The van der Waals surface area contributed by atoms with Crippen LogP contribution in [0.4, 0.5) is 5.82 Å². The third-order valence-corrected chi connectivity index (χ3v) is 4.06. The molecular weight excluding hydrogens is 268 g/mol. The molecule has 1 unspecified atom stereocenters. The summed E-state index contributed by atoms with van der Waals surface area (Å²) in [4.78, 5) is 11.2. The molecule has 5 heteroatoms. The molecule has 2 aromatic rings. The first-order valence-electron chi connectivity index (χ1n) is 6.91. The van der Waals surface area contributed by atoms with Crippen LogP contribution in [0.25, 0.3) is 0 Å². The standard InChI is InChI=1S/C15H22N4S/c1-5-16-11(2)13-6-7-15(17-8-13)19(4)9-14-10-20-12(3)18-14/h6-8,10-11,16H,5,9H2,1-4H3. The normalized spacial score (nSPS) is 12.4. The van der Waals surface area contributed by atoms with Crippen molar-refractivity contribution < 1.29 is 0 Å². The number of hydrogen-bond acceptors (Lipinski definition) is 5. The molecule has 1 atom stereocenters. The largest absolute Gasteiger partial charge is 0.354 e. The maximum atomic E-state index is 4.55. The summed E-state index contributed by atoms with van der Waals surface area (Å²) in [6.07, 6.45) is 1.95. The smallest absolute Gasteiger partial charge is 0.128 e. The molecular formula is C15H22N4S. The van der Waals surface area contributed by atoms with E-state index in [1.54, 1.807) is 11.3 Å². The van der Waals surface area contributed by atoms with Gasteiger partial charge in [0.1, 0.15) is 5.82 Å². The van der Waals surface area contributed by atoms with E-state index < -0.39 is 0 Å². The molecule has 0 amide bonds. The van der Waals surface area contributed by atoms with Crippen LogP contribution in [0.15, 0.2) is 23.7 Å². The van der Waals surface area contributed by atoms with E-state index in [4.69, 9.17) is 0 Å². The van der Waals surface area contributed by atoms with E-state index in [0.29, 0.717) is 6.04 Å². The number of nitrogens with zero attached hydrogens (tertiary/aromatic N) is 3. The second kappa shape index (κ2) is 6.81. The van der Waals surface area contributed by atoms with Gasteiger partial charge in [0, 0.05) is 24.7 Å². The molecule has 0 bridgehead atoms. The van der Waals surface area contributed by atoms with Crippen LogP contribution >= 0.6 is 11.3 Å². The van der Waals surface area contributed by atoms with Crippen LogP contribution in [-0.4, -0.2) is 23.6 Å². The molecule has 0 aliphatic carbocycles. The van der Waals surface area contributed by atoms with E-state index in [1.807, 2.05) is 20.2 Å². The zero-order chi connectivity index (χ0) is 14.5. The number of thiazole rings is 1. The molecule has 0 spiro atoms. The Labute approximate surface area is 124 Å². The minimum absolute atomic E-state index is 0.341. The number of nitrogens with one attached hydrogen (secondary N) is 1. The van der Waals surface area contributed by atoms with Gasteiger partial charge in [-0.15, -0.1) is 11.3 Å². The monoisotopic (exact) mass is 290 g/mol. The Balaban J connectivity index is 2.01. The van der Waals surface area contributed by atoms with Crippen LogP contribution in [-0.2, 0) is 6.54 Å². The van der Waals surface area contributed by atoms with E-state index in [9.17, 15) is 0 Å². The fourth-order valence-electron chi connectivity index (χ4n) is 2.11. The van der Waals surface area contributed by atoms with Crippen molar-refractivity contribution in [3.8, 4) is 0 Å². The van der Waals surface area contributed by atoms with Crippen LogP contribution in [0.5, 0.6) is 0 Å². The lowest BCUT2D eigenvalue weighted by atomic mass is 10.1. The van der Waals surface area contributed by atoms with E-state index in [-0.39, 0.29) is 0 Å². The summed E-state index contributed by atoms with van der Waals surface area (Å²) >= 11 is 1.69. The highest BCUT2D eigenvalue weighted by molar-refractivity contribution is 7.09. The quantitative estimate of drug-likeness (QED) is 0.887. The topological polar surface area (TPSA) is 41.0 Å². The first-order valence-corrected chi connectivity index (χ1v) is 7.79. The van der Waals surface area contributed by atoms with Gasteiger partial charge < -0.3 is 10.2 Å². The van der Waals surface area contributed by atoms with Crippen molar-refractivity contribution in [2.45, 2.75) is 33.4 Å². The van der Waals surface area contributed by atoms with E-state index in [0.717, 1.165) is 29.6 Å². The Morgan fingerprint density at radius 2 is 2.20 bits per heavy atom. The Morgan fingerprint density at radius 3 is 2.75 bits per heavy atom. The average molecular weight is 290 g/mol. The number of aryl methyl sites for hydroxylation is 1. The molecule has 4 nitrogen and oxygen atoms in total. The first kappa shape index (κ1) is 14.9. The maximum absolute atomic E-state index is 4.55. The summed E-state index contributed by atoms with van der Waals surface area (Å²) in [6, 6.07) is 4.55. The minimum atomic E-state index is 0.341. The summed E-state index contributed by atoms with van der Waals surface area (Å²) in [6.45, 7) is 8.05. The van der Waals surface area contributed by atoms with E-state index in [1.165, 1.54) is 5.56 Å². The Bertz CT molecular complexity index is 535. The summed E-state index contributed by atoms with van der Waals surface area (Å²) < 4.78 is 0. The second-order valence-electron chi connectivity index (χ2n) is 4.94. The van der Waals surface area contributed by atoms with Gasteiger partial charge >= 0.3 is 0 Å². The van der Waals surface area contributed by atoms with Gasteiger partial charge in [-0.05, 0) is 32.0 Å². The van der Waals surface area contributed by atoms with Crippen LogP contribution < -0.4 is 10.2 Å². The highest BCUT2D eigenvalue weighted by atomic mass is 32.1. The number of aromatic nitrogens is 2. The van der Waals surface area contributed by atoms with Crippen LogP contribution in [0, 0.1) is 6.92 Å². The lowest BCUT2D eigenvalue weighted by Gasteiger charge is -2.18. The van der Waals surface area contributed by atoms with Gasteiger partial charge in [-0.2, -0.15) is 0 Å². The van der Waals surface area contributed by atoms with Crippen LogP contribution in [0.3, 0.4) is 0 Å². The Morgan fingerprint density at radius 1 is 1.40 bits per heavy atom. The lowest BCUT2D eigenvalue weighted by molar-refractivity contribution is 0.596. The molecule has 0 saturated carbocycles. The molecule has 0 aliphatic heterocycles. The highest BCUT2D eigenvalue weighted by Gasteiger charge is 2.08. The zero-order valence-corrected chi connectivity index (χ0v) is 13.4. The minimum Gasteiger partial charge on any atom is -0.354 e. The van der Waals surface area contributed by atoms with Gasteiger partial charge in [0.25, 0.3) is 0 Å². The molecule has 0 saturated heterocycles. The van der Waals surface area contributed by atoms with Crippen LogP contribution in [0.2, 0.25) is 0 Å². The van der Waals surface area contributed by atoms with Gasteiger partial charge in [0.05, 0.1) is 17.2 Å². The Kier molecular flexibility index (Phi) is 5.09. The number of pyridine rings is 1. The van der Waals surface area contributed by atoms with Crippen LogP contribution in [0.1, 0.15) is 36.2 Å². The molecule has 20 heavy (non-hydrogen) atoms. The molecule has 0 radical (unpaired) electrons. The SMILES string of the molecule is CCNC(C)c1ccc(N(C)Cc2csc(C)n2)nc1. The summed E-state index contributed by atoms with van der Waals surface area (Å²) in [5, 5.41) is 6.60. The van der Waals surface area contributed by atoms with Crippen molar-refractivity contribution in [3.63, 3.8) is 0 Å². The molecule has 1 N–H and O–H groups in total. The zero-order valence-electron chi connectivity index (χ0n) is 12.6. The van der Waals surface area contributed by atoms with Gasteiger partial charge in [-0.1, -0.05) is 13.0 Å². The second-order valence-corrected chi connectivity index (χ2v) is 6.01. The third-order valence-electron chi connectivity index (χ3n) is 3.24. The number of rotatable bonds is 6. The predicted molar refractivity (Wildman–Crippen MR) is 85.3 cm³/mol. The molecule has 0 aromatic carbocycles. The highest BCUT2D eigenvalue weighted by Crippen LogP contribution is 2.17. The van der Waals surface area contributed by atoms with Gasteiger partial charge in [0.15, 0.2) is 0 Å². The Hall–Kier alpha value is -1.46. The number of hydrogen-bond donors (Lipinski definition) is 1. The molecule has 2 rings (SSSR count). The fourth-order valence-corrected chi connectivity index (χ4v) is 2.71. The number of anilines is 1. The van der Waals surface area contributed by atoms with Crippen molar-refractivity contribution in [1.82, 2.24) is 15.3 Å². The summed E-state index contributed by atoms with van der Waals surface area (Å²) in [5.74, 6) is 0.975. The molecule has 108 valence electrons. The van der Waals surface area contributed by atoms with Crippen molar-refractivity contribution in [2.75, 3.05) is 18.5 Å². The van der Waals surface area contributed by atoms with E-state index >= 15 is 0 Å². The predicted octanol–water partition coefficient (Wildman–Crippen LogP) is 3.15. The first-order chi connectivity index (χ1) is 9.60. The van der Waals surface area contributed by atoms with Crippen molar-refractivity contribution in [1.29, 1.82) is 0 Å². The van der Waals surface area contributed by atoms with Gasteiger partial charge in [0.2, 0.25) is 0 Å². The summed E-state index contributed by atoms with van der Waals surface area (Å²) in [5.41, 5.74) is 2.32. The maximum Gasteiger partial charge on any atom is 0.128 e.